The van der Waals surface area contributed by atoms with Crippen molar-refractivity contribution in [2.24, 2.45) is 11.8 Å². The molecule has 0 aromatic carbocycles. The van der Waals surface area contributed by atoms with Crippen LogP contribution in [0.4, 0.5) is 0 Å². The average Bonchev–Trinajstić information content (AvgIpc) is 3.18. The Balaban J connectivity index is 4.23. The molecular formula is C49H94O6. The predicted molar refractivity (Wildman–Crippen MR) is 233 cm³/mol. The van der Waals surface area contributed by atoms with Crippen molar-refractivity contribution in [1.29, 1.82) is 0 Å². The monoisotopic (exact) mass is 779 g/mol. The van der Waals surface area contributed by atoms with Gasteiger partial charge in [-0.15, -0.1) is 0 Å². The highest BCUT2D eigenvalue weighted by Gasteiger charge is 2.19. The zero-order chi connectivity index (χ0) is 40.5. The van der Waals surface area contributed by atoms with Gasteiger partial charge in [0.25, 0.3) is 0 Å². The van der Waals surface area contributed by atoms with E-state index in [0.717, 1.165) is 69.6 Å². The summed E-state index contributed by atoms with van der Waals surface area (Å²) in [4.78, 5) is 37.7. The fourth-order valence-corrected chi connectivity index (χ4v) is 7.22. The molecule has 0 aromatic rings. The van der Waals surface area contributed by atoms with Crippen LogP contribution < -0.4 is 0 Å². The van der Waals surface area contributed by atoms with Crippen molar-refractivity contribution in [3.63, 3.8) is 0 Å². The highest BCUT2D eigenvalue weighted by atomic mass is 16.6. The van der Waals surface area contributed by atoms with E-state index in [0.29, 0.717) is 19.3 Å². The SMILES string of the molecule is CCCCCCCCCC(=O)OC[C@@H](COC(=O)CCCCCCCCCCC(C)CC)OC(=O)CCCCCCCCCCCCCCCCC(C)CC. The Kier molecular flexibility index (Phi) is 40.8. The molecule has 0 N–H and O–H groups in total. The van der Waals surface area contributed by atoms with Crippen molar-refractivity contribution >= 4 is 17.9 Å². The van der Waals surface area contributed by atoms with Gasteiger partial charge in [0.1, 0.15) is 13.2 Å². The normalized spacial score (nSPS) is 13.0. The highest BCUT2D eigenvalue weighted by Crippen LogP contribution is 2.18. The minimum atomic E-state index is -0.760. The molecular weight excluding hydrogens is 685 g/mol. The first-order chi connectivity index (χ1) is 26.8. The molecule has 0 fully saturated rings. The van der Waals surface area contributed by atoms with Gasteiger partial charge >= 0.3 is 17.9 Å². The number of rotatable bonds is 43. The summed E-state index contributed by atoms with van der Waals surface area (Å²) >= 11 is 0. The van der Waals surface area contributed by atoms with Crippen molar-refractivity contribution in [3.05, 3.63) is 0 Å². The Labute approximate surface area is 342 Å². The van der Waals surface area contributed by atoms with Crippen molar-refractivity contribution in [1.82, 2.24) is 0 Å². The predicted octanol–water partition coefficient (Wildman–Crippen LogP) is 15.4. The van der Waals surface area contributed by atoms with Crippen LogP contribution in [-0.2, 0) is 28.6 Å². The molecule has 0 amide bonds. The van der Waals surface area contributed by atoms with E-state index in [1.165, 1.54) is 154 Å². The maximum Gasteiger partial charge on any atom is 0.306 e. The van der Waals surface area contributed by atoms with E-state index in [-0.39, 0.29) is 31.1 Å². The lowest BCUT2D eigenvalue weighted by atomic mass is 9.99. The number of carbonyl (C=O) groups is 3. The van der Waals surface area contributed by atoms with E-state index in [9.17, 15) is 14.4 Å². The topological polar surface area (TPSA) is 78.9 Å². The third-order valence-electron chi connectivity index (χ3n) is 11.7. The quantitative estimate of drug-likeness (QED) is 0.0348. The van der Waals surface area contributed by atoms with E-state index in [1.807, 2.05) is 0 Å². The Hall–Kier alpha value is -1.59. The van der Waals surface area contributed by atoms with Crippen molar-refractivity contribution < 1.29 is 28.6 Å². The summed E-state index contributed by atoms with van der Waals surface area (Å²) in [5, 5.41) is 0. The molecule has 0 saturated heterocycles. The molecule has 2 unspecified atom stereocenters. The maximum atomic E-state index is 12.7. The van der Waals surface area contributed by atoms with Crippen LogP contribution in [0.1, 0.15) is 266 Å². The number of unbranched alkanes of at least 4 members (excludes halogenated alkanes) is 26. The maximum absolute atomic E-state index is 12.7. The minimum Gasteiger partial charge on any atom is -0.462 e. The second-order valence-electron chi connectivity index (χ2n) is 17.2. The zero-order valence-electron chi connectivity index (χ0n) is 37.6. The summed E-state index contributed by atoms with van der Waals surface area (Å²) in [5.74, 6) is 0.882. The van der Waals surface area contributed by atoms with Gasteiger partial charge < -0.3 is 14.2 Å². The number of hydrogen-bond donors (Lipinski definition) is 0. The lowest BCUT2D eigenvalue weighted by Crippen LogP contribution is -2.30. The Morgan fingerprint density at radius 2 is 0.636 bits per heavy atom. The lowest BCUT2D eigenvalue weighted by Gasteiger charge is -2.18. The molecule has 0 aliphatic rings. The fraction of sp³-hybridized carbons (Fsp3) is 0.939. The van der Waals surface area contributed by atoms with Crippen LogP contribution >= 0.6 is 0 Å². The standard InChI is InChI=1S/C49H94O6/c1-6-9-10-11-22-29-34-39-47(50)53-42-46(43-54-48(51)40-35-30-25-21-20-24-28-33-38-45(5)8-3)55-49(52)41-36-31-26-19-17-15-13-12-14-16-18-23-27-32-37-44(4)7-2/h44-46H,6-43H2,1-5H3/t44?,45?,46-/m0/s1. The van der Waals surface area contributed by atoms with E-state index in [4.69, 9.17) is 14.2 Å². The third kappa shape index (κ3) is 40.4. The van der Waals surface area contributed by atoms with Gasteiger partial charge in [0, 0.05) is 19.3 Å². The number of hydrogen-bond acceptors (Lipinski definition) is 6. The average molecular weight is 779 g/mol. The van der Waals surface area contributed by atoms with Gasteiger partial charge in [0.2, 0.25) is 0 Å². The van der Waals surface area contributed by atoms with Crippen LogP contribution in [0.3, 0.4) is 0 Å². The van der Waals surface area contributed by atoms with Crippen LogP contribution in [0.25, 0.3) is 0 Å². The highest BCUT2D eigenvalue weighted by molar-refractivity contribution is 5.71. The summed E-state index contributed by atoms with van der Waals surface area (Å²) in [6, 6.07) is 0. The molecule has 0 aromatic heterocycles. The molecule has 55 heavy (non-hydrogen) atoms. The van der Waals surface area contributed by atoms with Crippen molar-refractivity contribution in [2.75, 3.05) is 13.2 Å². The molecule has 0 aliphatic heterocycles. The molecule has 0 rings (SSSR count). The van der Waals surface area contributed by atoms with Gasteiger partial charge in [-0.1, -0.05) is 227 Å². The van der Waals surface area contributed by atoms with Crippen LogP contribution in [0.2, 0.25) is 0 Å². The second-order valence-corrected chi connectivity index (χ2v) is 17.2. The molecule has 0 saturated carbocycles. The first kappa shape index (κ1) is 53.4. The molecule has 6 heteroatoms. The number of carbonyl (C=O) groups excluding carboxylic acids is 3. The van der Waals surface area contributed by atoms with Gasteiger partial charge in [-0.2, -0.15) is 0 Å². The first-order valence-corrected chi connectivity index (χ1v) is 24.3. The first-order valence-electron chi connectivity index (χ1n) is 24.3. The molecule has 0 heterocycles. The summed E-state index contributed by atoms with van der Waals surface area (Å²) in [6.45, 7) is 11.4. The molecule has 0 aliphatic carbocycles. The van der Waals surface area contributed by atoms with Crippen molar-refractivity contribution in [2.45, 2.75) is 272 Å². The number of ether oxygens (including phenoxy) is 3. The van der Waals surface area contributed by atoms with Crippen LogP contribution in [0.15, 0.2) is 0 Å². The van der Waals surface area contributed by atoms with Gasteiger partial charge in [-0.3, -0.25) is 14.4 Å². The summed E-state index contributed by atoms with van der Waals surface area (Å²) in [7, 11) is 0. The van der Waals surface area contributed by atoms with Crippen LogP contribution in [0, 0.1) is 11.8 Å². The Morgan fingerprint density at radius 1 is 0.364 bits per heavy atom. The lowest BCUT2D eigenvalue weighted by molar-refractivity contribution is -0.167. The molecule has 0 bridgehead atoms. The molecule has 326 valence electrons. The van der Waals surface area contributed by atoms with Crippen LogP contribution in [-0.4, -0.2) is 37.2 Å². The Bertz CT molecular complexity index is 843. The van der Waals surface area contributed by atoms with Gasteiger partial charge in [-0.25, -0.2) is 0 Å². The molecule has 3 atom stereocenters. The van der Waals surface area contributed by atoms with E-state index < -0.39 is 6.10 Å². The van der Waals surface area contributed by atoms with E-state index >= 15 is 0 Å². The number of esters is 3. The van der Waals surface area contributed by atoms with Crippen LogP contribution in [0.5, 0.6) is 0 Å². The van der Waals surface area contributed by atoms with E-state index in [2.05, 4.69) is 34.6 Å². The molecule has 0 spiro atoms. The van der Waals surface area contributed by atoms with Gasteiger partial charge in [-0.05, 0) is 31.1 Å². The smallest absolute Gasteiger partial charge is 0.306 e. The largest absolute Gasteiger partial charge is 0.462 e. The van der Waals surface area contributed by atoms with Crippen molar-refractivity contribution in [3.8, 4) is 0 Å². The van der Waals surface area contributed by atoms with E-state index in [1.54, 1.807) is 0 Å². The third-order valence-corrected chi connectivity index (χ3v) is 11.7. The summed E-state index contributed by atoms with van der Waals surface area (Å²) in [6.07, 6.45) is 40.9. The summed E-state index contributed by atoms with van der Waals surface area (Å²) < 4.78 is 16.7. The van der Waals surface area contributed by atoms with Gasteiger partial charge in [0.15, 0.2) is 6.10 Å². The van der Waals surface area contributed by atoms with Gasteiger partial charge in [0.05, 0.1) is 0 Å². The molecule has 0 radical (unpaired) electrons. The second kappa shape index (κ2) is 42.0. The minimum absolute atomic E-state index is 0.0652. The summed E-state index contributed by atoms with van der Waals surface area (Å²) in [5.41, 5.74) is 0. The molecule has 6 nitrogen and oxygen atoms in total. The fourth-order valence-electron chi connectivity index (χ4n) is 7.22. The zero-order valence-corrected chi connectivity index (χ0v) is 37.6. The Morgan fingerprint density at radius 3 is 0.945 bits per heavy atom.